The van der Waals surface area contributed by atoms with Crippen LogP contribution >= 0.6 is 0 Å². The molecule has 0 spiro atoms. The number of nitro groups is 1. The van der Waals surface area contributed by atoms with Crippen molar-refractivity contribution in [1.29, 1.82) is 0 Å². The van der Waals surface area contributed by atoms with E-state index in [1.165, 1.54) is 25.0 Å². The van der Waals surface area contributed by atoms with Crippen LogP contribution in [0.5, 0.6) is 0 Å². The van der Waals surface area contributed by atoms with E-state index in [0.717, 1.165) is 18.6 Å². The molecule has 1 saturated heterocycles. The molecule has 0 aromatic heterocycles. The molecule has 0 amide bonds. The highest BCUT2D eigenvalue weighted by Gasteiger charge is 2.40. The fourth-order valence-electron chi connectivity index (χ4n) is 2.78. The van der Waals surface area contributed by atoms with E-state index in [4.69, 9.17) is 4.74 Å². The predicted octanol–water partition coefficient (Wildman–Crippen LogP) is 2.39. The Morgan fingerprint density at radius 1 is 1.40 bits per heavy atom. The van der Waals surface area contributed by atoms with E-state index in [-0.39, 0.29) is 6.10 Å². The number of hydrogen-bond donors (Lipinski definition) is 1. The van der Waals surface area contributed by atoms with E-state index in [1.807, 2.05) is 0 Å². The first-order chi connectivity index (χ1) is 9.65. The zero-order valence-corrected chi connectivity index (χ0v) is 11.0. The molecule has 6 heteroatoms. The highest BCUT2D eigenvalue weighted by Crippen LogP contribution is 2.38. The van der Waals surface area contributed by atoms with E-state index in [2.05, 4.69) is 5.32 Å². The highest BCUT2D eigenvalue weighted by molar-refractivity contribution is 5.35. The molecule has 2 atom stereocenters. The fraction of sp³-hybridized carbons (Fsp3) is 0.571. The molecule has 2 fully saturated rings. The first kappa shape index (κ1) is 13.5. The molecule has 5 nitrogen and oxygen atoms in total. The average Bonchev–Trinajstić information content (AvgIpc) is 3.15. The minimum atomic E-state index is -0.782. The lowest BCUT2D eigenvalue weighted by Gasteiger charge is -2.19. The topological polar surface area (TPSA) is 64.4 Å². The Morgan fingerprint density at radius 3 is 2.85 bits per heavy atom. The van der Waals surface area contributed by atoms with Crippen LogP contribution in [0.4, 0.5) is 10.1 Å². The summed E-state index contributed by atoms with van der Waals surface area (Å²) in [4.78, 5) is 9.85. The smallest absolute Gasteiger partial charge is 0.304 e. The third-order valence-corrected chi connectivity index (χ3v) is 4.00. The van der Waals surface area contributed by atoms with Gasteiger partial charge in [-0.3, -0.25) is 10.1 Å². The predicted molar refractivity (Wildman–Crippen MR) is 70.8 cm³/mol. The molecule has 1 saturated carbocycles. The van der Waals surface area contributed by atoms with Gasteiger partial charge in [0.2, 0.25) is 5.82 Å². The lowest BCUT2D eigenvalue weighted by atomic mass is 10.1. The van der Waals surface area contributed by atoms with Gasteiger partial charge in [0, 0.05) is 25.3 Å². The van der Waals surface area contributed by atoms with Crippen LogP contribution in [-0.4, -0.2) is 23.7 Å². The van der Waals surface area contributed by atoms with Crippen LogP contribution in [0, 0.1) is 21.8 Å². The van der Waals surface area contributed by atoms with Gasteiger partial charge >= 0.3 is 5.69 Å². The Bertz CT molecular complexity index is 519. The van der Waals surface area contributed by atoms with E-state index < -0.39 is 16.4 Å². The maximum absolute atomic E-state index is 13.5. The van der Waals surface area contributed by atoms with Crippen molar-refractivity contribution in [2.75, 3.05) is 6.61 Å². The van der Waals surface area contributed by atoms with E-state index >= 15 is 0 Å². The van der Waals surface area contributed by atoms with Crippen LogP contribution in [0.25, 0.3) is 0 Å². The summed E-state index contributed by atoms with van der Waals surface area (Å²) in [6.45, 7) is 1.28. The number of nitro benzene ring substituents is 1. The first-order valence-corrected chi connectivity index (χ1v) is 6.93. The molecule has 0 bridgehead atoms. The summed E-state index contributed by atoms with van der Waals surface area (Å²) in [6, 6.07) is 4.35. The molecule has 1 aromatic carbocycles. The Balaban J connectivity index is 1.60. The maximum atomic E-state index is 13.5. The van der Waals surface area contributed by atoms with Crippen LogP contribution in [0.15, 0.2) is 18.2 Å². The summed E-state index contributed by atoms with van der Waals surface area (Å²) in [6.07, 6.45) is 3.71. The van der Waals surface area contributed by atoms with Crippen molar-refractivity contribution < 1.29 is 14.1 Å². The van der Waals surface area contributed by atoms with Crippen molar-refractivity contribution >= 4 is 5.69 Å². The largest absolute Gasteiger partial charge is 0.376 e. The molecular weight excluding hydrogens is 263 g/mol. The second-order valence-corrected chi connectivity index (χ2v) is 5.49. The molecule has 108 valence electrons. The number of nitrogens with one attached hydrogen (secondary N) is 1. The van der Waals surface area contributed by atoms with Crippen LogP contribution in [0.1, 0.15) is 24.8 Å². The van der Waals surface area contributed by atoms with Crippen LogP contribution < -0.4 is 5.32 Å². The fourth-order valence-corrected chi connectivity index (χ4v) is 2.78. The Kier molecular flexibility index (Phi) is 3.67. The molecule has 0 radical (unpaired) electrons. The summed E-state index contributed by atoms with van der Waals surface area (Å²) in [7, 11) is 0. The van der Waals surface area contributed by atoms with Crippen LogP contribution in [0.3, 0.4) is 0 Å². The lowest BCUT2D eigenvalue weighted by Crippen LogP contribution is -2.37. The van der Waals surface area contributed by atoms with Crippen molar-refractivity contribution in [2.24, 2.45) is 5.92 Å². The van der Waals surface area contributed by atoms with Crippen molar-refractivity contribution in [3.05, 3.63) is 39.7 Å². The Hall–Kier alpha value is -1.53. The third kappa shape index (κ3) is 2.81. The average molecular weight is 280 g/mol. The minimum absolute atomic E-state index is 0.276. The van der Waals surface area contributed by atoms with E-state index in [1.54, 1.807) is 6.07 Å². The van der Waals surface area contributed by atoms with E-state index in [0.29, 0.717) is 18.5 Å². The monoisotopic (exact) mass is 280 g/mol. The second kappa shape index (κ2) is 5.46. The number of hydrogen-bond acceptors (Lipinski definition) is 4. The highest BCUT2D eigenvalue weighted by atomic mass is 19.1. The van der Waals surface area contributed by atoms with Crippen molar-refractivity contribution in [1.82, 2.24) is 5.32 Å². The standard InChI is InChI=1S/C14H17FN2O3/c15-11-7-9(1-4-13(11)17(18)19)8-16-12-5-6-20-14(12)10-2-3-10/h1,4,7,10,12,14,16H,2-3,5-6,8H2. The number of benzene rings is 1. The van der Waals surface area contributed by atoms with Crippen molar-refractivity contribution in [2.45, 2.75) is 38.0 Å². The lowest BCUT2D eigenvalue weighted by molar-refractivity contribution is -0.387. The van der Waals surface area contributed by atoms with Crippen molar-refractivity contribution in [3.63, 3.8) is 0 Å². The second-order valence-electron chi connectivity index (χ2n) is 5.49. The summed E-state index contributed by atoms with van der Waals surface area (Å²) < 4.78 is 19.2. The van der Waals surface area contributed by atoms with Gasteiger partial charge in [-0.1, -0.05) is 6.07 Å². The number of halogens is 1. The van der Waals surface area contributed by atoms with Gasteiger partial charge in [-0.15, -0.1) is 0 Å². The van der Waals surface area contributed by atoms with Gasteiger partial charge in [0.15, 0.2) is 0 Å². The summed E-state index contributed by atoms with van der Waals surface area (Å²) in [5, 5.41) is 13.9. The molecule has 20 heavy (non-hydrogen) atoms. The Morgan fingerprint density at radius 2 is 2.20 bits per heavy atom. The van der Waals surface area contributed by atoms with Gasteiger partial charge in [-0.25, -0.2) is 0 Å². The molecular formula is C14H17FN2O3. The Labute approximate surface area is 116 Å². The zero-order chi connectivity index (χ0) is 14.1. The molecule has 2 unspecified atom stereocenters. The molecule has 1 N–H and O–H groups in total. The molecule has 2 aliphatic rings. The summed E-state index contributed by atoms with van der Waals surface area (Å²) >= 11 is 0. The third-order valence-electron chi connectivity index (χ3n) is 4.00. The van der Waals surface area contributed by atoms with Crippen LogP contribution in [0.2, 0.25) is 0 Å². The van der Waals surface area contributed by atoms with Crippen molar-refractivity contribution in [3.8, 4) is 0 Å². The normalized spacial score (nSPS) is 25.9. The number of ether oxygens (including phenoxy) is 1. The SMILES string of the molecule is O=[N+]([O-])c1ccc(CNC2CCOC2C2CC2)cc1F. The van der Waals surface area contributed by atoms with Gasteiger partial charge in [-0.05, 0) is 36.8 Å². The molecule has 1 aliphatic heterocycles. The van der Waals surface area contributed by atoms with Gasteiger partial charge in [0.25, 0.3) is 0 Å². The minimum Gasteiger partial charge on any atom is -0.376 e. The van der Waals surface area contributed by atoms with Gasteiger partial charge in [0.05, 0.1) is 11.0 Å². The first-order valence-electron chi connectivity index (χ1n) is 6.93. The van der Waals surface area contributed by atoms with E-state index in [9.17, 15) is 14.5 Å². The number of rotatable bonds is 5. The number of nitrogens with zero attached hydrogens (tertiary/aromatic N) is 1. The molecule has 1 aromatic rings. The van der Waals surface area contributed by atoms with Gasteiger partial charge in [-0.2, -0.15) is 4.39 Å². The van der Waals surface area contributed by atoms with Gasteiger partial charge < -0.3 is 10.1 Å². The zero-order valence-electron chi connectivity index (χ0n) is 11.0. The van der Waals surface area contributed by atoms with Gasteiger partial charge in [0.1, 0.15) is 0 Å². The maximum Gasteiger partial charge on any atom is 0.304 e. The quantitative estimate of drug-likeness (QED) is 0.664. The molecule has 3 rings (SSSR count). The summed E-state index contributed by atoms with van der Waals surface area (Å²) in [5.41, 5.74) is 0.239. The molecule has 1 aliphatic carbocycles. The summed E-state index contributed by atoms with van der Waals surface area (Å²) in [5.74, 6) is -0.112. The van der Waals surface area contributed by atoms with Crippen LogP contribution in [-0.2, 0) is 11.3 Å². The molecule has 1 heterocycles.